The molecule has 6 nitrogen and oxygen atoms in total. The lowest BCUT2D eigenvalue weighted by Gasteiger charge is -2.63. The Balaban J connectivity index is 1.67. The summed E-state index contributed by atoms with van der Waals surface area (Å²) in [6.07, 6.45) is -0.274. The third kappa shape index (κ3) is 2.21. The van der Waals surface area contributed by atoms with E-state index in [4.69, 9.17) is 23.4 Å². The Hall–Kier alpha value is -0.0231. The lowest BCUT2D eigenvalue weighted by Crippen LogP contribution is -2.81. The number of rotatable bonds is 2. The van der Waals surface area contributed by atoms with E-state index in [1.165, 1.54) is 0 Å². The molecule has 1 aliphatic carbocycles. The van der Waals surface area contributed by atoms with Gasteiger partial charge in [-0.05, 0) is 31.0 Å². The fourth-order valence-electron chi connectivity index (χ4n) is 4.06. The smallest absolute Gasteiger partial charge is 0.273 e. The standard InChI is InChI=1S/C16H28O6Si/c1-15(2,3)23(4,5)22-11-10-9(17)12-16(7-6-8-18-16)13(11)21-14(19-10)20-12/h9-14,17H,6-8H2,1-5H3/t9-,10+,11-,12+,13+,14+,16+/m1/s1. The predicted octanol–water partition coefficient (Wildman–Crippen LogP) is 1.77. The number of aliphatic hydroxyl groups excluding tert-OH is 1. The topological polar surface area (TPSA) is 66.4 Å². The van der Waals surface area contributed by atoms with Crippen LogP contribution in [0.2, 0.25) is 18.1 Å². The van der Waals surface area contributed by atoms with Gasteiger partial charge >= 0.3 is 0 Å². The maximum atomic E-state index is 10.8. The molecule has 1 N–H and O–H groups in total. The fraction of sp³-hybridized carbons (Fsp3) is 1.00. The second-order valence-corrected chi connectivity index (χ2v) is 13.5. The first-order valence-electron chi connectivity index (χ1n) is 8.62. The number of hydrogen-bond donors (Lipinski definition) is 1. The van der Waals surface area contributed by atoms with Crippen molar-refractivity contribution in [3.05, 3.63) is 0 Å². The Morgan fingerprint density at radius 2 is 1.83 bits per heavy atom. The zero-order chi connectivity index (χ0) is 16.6. The van der Waals surface area contributed by atoms with Crippen LogP contribution in [0.3, 0.4) is 0 Å². The number of ether oxygens (including phenoxy) is 4. The van der Waals surface area contributed by atoms with Crippen molar-refractivity contribution in [1.29, 1.82) is 0 Å². The molecule has 5 fully saturated rings. The average Bonchev–Trinajstić information content (AvgIpc) is 2.92. The van der Waals surface area contributed by atoms with Crippen molar-refractivity contribution in [3.8, 4) is 0 Å². The molecule has 0 amide bonds. The van der Waals surface area contributed by atoms with Gasteiger partial charge in [-0.2, -0.15) is 0 Å². The van der Waals surface area contributed by atoms with Crippen molar-refractivity contribution >= 4 is 8.32 Å². The molecule has 0 aromatic carbocycles. The third-order valence-corrected chi connectivity index (χ3v) is 10.8. The minimum Gasteiger partial charge on any atom is -0.408 e. The van der Waals surface area contributed by atoms with Crippen LogP contribution in [0.4, 0.5) is 0 Å². The van der Waals surface area contributed by atoms with Crippen molar-refractivity contribution < 1.29 is 28.5 Å². The zero-order valence-electron chi connectivity index (χ0n) is 14.6. The first-order chi connectivity index (χ1) is 10.7. The second-order valence-electron chi connectivity index (χ2n) is 8.74. The molecule has 1 spiro atoms. The molecule has 132 valence electrons. The van der Waals surface area contributed by atoms with Crippen LogP contribution in [-0.4, -0.2) is 62.6 Å². The van der Waals surface area contributed by atoms with Crippen LogP contribution < -0.4 is 0 Å². The minimum absolute atomic E-state index is 0.0762. The molecular formula is C16H28O6Si. The molecule has 0 aromatic heterocycles. The van der Waals surface area contributed by atoms with E-state index in [1.54, 1.807) is 0 Å². The van der Waals surface area contributed by atoms with E-state index in [0.29, 0.717) is 6.61 Å². The number of hydrogen-bond acceptors (Lipinski definition) is 6. The fourth-order valence-corrected chi connectivity index (χ4v) is 5.35. The molecule has 4 saturated heterocycles. The van der Waals surface area contributed by atoms with E-state index in [-0.39, 0.29) is 23.4 Å². The first kappa shape index (κ1) is 16.4. The molecule has 1 saturated carbocycles. The van der Waals surface area contributed by atoms with Crippen LogP contribution in [0, 0.1) is 0 Å². The highest BCUT2D eigenvalue weighted by Gasteiger charge is 2.71. The third-order valence-electron chi connectivity index (χ3n) is 6.34. The van der Waals surface area contributed by atoms with Gasteiger partial charge in [0.1, 0.15) is 36.1 Å². The molecule has 5 aliphatic rings. The summed E-state index contributed by atoms with van der Waals surface area (Å²) in [5.74, 6) is 0. The summed E-state index contributed by atoms with van der Waals surface area (Å²) in [7, 11) is -2.03. The predicted molar refractivity (Wildman–Crippen MR) is 84.4 cm³/mol. The maximum Gasteiger partial charge on any atom is 0.273 e. The van der Waals surface area contributed by atoms with Crippen molar-refractivity contribution in [2.45, 2.75) is 94.3 Å². The summed E-state index contributed by atoms with van der Waals surface area (Å²) in [5, 5.41) is 10.8. The van der Waals surface area contributed by atoms with Crippen LogP contribution in [0.1, 0.15) is 33.6 Å². The molecule has 5 rings (SSSR count). The van der Waals surface area contributed by atoms with Crippen molar-refractivity contribution in [3.63, 3.8) is 0 Å². The summed E-state index contributed by atoms with van der Waals surface area (Å²) in [4.78, 5) is 0. The maximum absolute atomic E-state index is 10.8. The van der Waals surface area contributed by atoms with Crippen LogP contribution >= 0.6 is 0 Å². The molecule has 0 unspecified atom stereocenters. The summed E-state index contributed by atoms with van der Waals surface area (Å²) in [6.45, 7) is 11.0. The first-order valence-corrected chi connectivity index (χ1v) is 11.5. The molecule has 7 heteroatoms. The monoisotopic (exact) mass is 344 g/mol. The lowest BCUT2D eigenvalue weighted by atomic mass is 9.72. The van der Waals surface area contributed by atoms with E-state index in [0.717, 1.165) is 12.8 Å². The highest BCUT2D eigenvalue weighted by Crippen LogP contribution is 2.53. The van der Waals surface area contributed by atoms with E-state index >= 15 is 0 Å². The molecule has 4 bridgehead atoms. The van der Waals surface area contributed by atoms with E-state index in [9.17, 15) is 5.11 Å². The summed E-state index contributed by atoms with van der Waals surface area (Å²) < 4.78 is 30.2. The van der Waals surface area contributed by atoms with Gasteiger partial charge in [0.25, 0.3) is 6.48 Å². The Bertz CT molecular complexity index is 483. The highest BCUT2D eigenvalue weighted by atomic mass is 28.4. The lowest BCUT2D eigenvalue weighted by molar-refractivity contribution is -0.498. The van der Waals surface area contributed by atoms with Gasteiger partial charge < -0.3 is 28.5 Å². The van der Waals surface area contributed by atoms with Gasteiger partial charge in [-0.25, -0.2) is 0 Å². The van der Waals surface area contributed by atoms with Crippen LogP contribution in [0.25, 0.3) is 0 Å². The zero-order valence-corrected chi connectivity index (χ0v) is 15.6. The van der Waals surface area contributed by atoms with Gasteiger partial charge in [0.2, 0.25) is 0 Å². The van der Waals surface area contributed by atoms with Crippen LogP contribution in [-0.2, 0) is 23.4 Å². The van der Waals surface area contributed by atoms with Gasteiger partial charge in [0.15, 0.2) is 8.32 Å². The normalized spacial score (nSPS) is 49.3. The van der Waals surface area contributed by atoms with Crippen LogP contribution in [0.15, 0.2) is 0 Å². The van der Waals surface area contributed by atoms with Gasteiger partial charge in [0.05, 0.1) is 0 Å². The Morgan fingerprint density at radius 1 is 1.13 bits per heavy atom. The summed E-state index contributed by atoms with van der Waals surface area (Å²) in [6, 6.07) is 0. The summed E-state index contributed by atoms with van der Waals surface area (Å²) in [5.41, 5.74) is -0.594. The summed E-state index contributed by atoms with van der Waals surface area (Å²) >= 11 is 0. The Morgan fingerprint density at radius 3 is 2.43 bits per heavy atom. The van der Waals surface area contributed by atoms with E-state index < -0.39 is 32.6 Å². The molecule has 0 radical (unpaired) electrons. The van der Waals surface area contributed by atoms with Crippen molar-refractivity contribution in [2.24, 2.45) is 0 Å². The Labute approximate surface area is 138 Å². The average molecular weight is 344 g/mol. The van der Waals surface area contributed by atoms with Gasteiger partial charge in [-0.15, -0.1) is 0 Å². The van der Waals surface area contributed by atoms with Gasteiger partial charge in [-0.3, -0.25) is 0 Å². The van der Waals surface area contributed by atoms with Crippen LogP contribution in [0.5, 0.6) is 0 Å². The molecule has 4 heterocycles. The second kappa shape index (κ2) is 5.00. The SMILES string of the molecule is CC(C)(C)[Si](C)(C)O[C@@H]1[C@H]2O[C@H]3O[C@@H]([C@@H]2O)[C@@]2(CCCO2)[C@H]1O3. The molecule has 0 aromatic rings. The van der Waals surface area contributed by atoms with Gasteiger partial charge in [-0.1, -0.05) is 20.8 Å². The van der Waals surface area contributed by atoms with E-state index in [2.05, 4.69) is 33.9 Å². The molecule has 23 heavy (non-hydrogen) atoms. The number of aliphatic hydroxyl groups is 1. The van der Waals surface area contributed by atoms with Crippen molar-refractivity contribution in [2.75, 3.05) is 6.61 Å². The molecule has 7 atom stereocenters. The Kier molecular flexibility index (Phi) is 3.58. The van der Waals surface area contributed by atoms with Crippen molar-refractivity contribution in [1.82, 2.24) is 0 Å². The minimum atomic E-state index is -2.03. The molecule has 4 aliphatic heterocycles. The molecular weight excluding hydrogens is 316 g/mol. The van der Waals surface area contributed by atoms with E-state index in [1.807, 2.05) is 0 Å². The largest absolute Gasteiger partial charge is 0.408 e. The highest BCUT2D eigenvalue weighted by molar-refractivity contribution is 6.74. The quantitative estimate of drug-likeness (QED) is 0.770. The van der Waals surface area contributed by atoms with Gasteiger partial charge in [0, 0.05) is 6.61 Å².